The largest absolute Gasteiger partial charge is 0.416 e. The van der Waals surface area contributed by atoms with Crippen LogP contribution in [0.3, 0.4) is 0 Å². The molecular weight excluding hydrogens is 390 g/mol. The Balaban J connectivity index is 2.34. The third-order valence-corrected chi connectivity index (χ3v) is 4.49. The minimum absolute atomic E-state index is 0.0495. The van der Waals surface area contributed by atoms with Gasteiger partial charge in [-0.25, -0.2) is 0 Å². The third-order valence-electron chi connectivity index (χ3n) is 4.49. The summed E-state index contributed by atoms with van der Waals surface area (Å²) in [6.45, 7) is 4.26. The van der Waals surface area contributed by atoms with Crippen molar-refractivity contribution in [3.05, 3.63) is 34.9 Å². The molecule has 1 saturated heterocycles. The fraction of sp³-hybridized carbons (Fsp3) is 0.556. The summed E-state index contributed by atoms with van der Waals surface area (Å²) in [5, 5.41) is 2.30. The Kier molecular flexibility index (Phi) is 6.30. The highest BCUT2D eigenvalue weighted by molar-refractivity contribution is 5.98. The Labute approximate surface area is 157 Å². The van der Waals surface area contributed by atoms with E-state index >= 15 is 0 Å². The van der Waals surface area contributed by atoms with Gasteiger partial charge in [0.25, 0.3) is 5.91 Å². The second-order valence-electron chi connectivity index (χ2n) is 7.02. The van der Waals surface area contributed by atoms with Gasteiger partial charge in [0, 0.05) is 18.7 Å². The molecule has 4 nitrogen and oxygen atoms in total. The van der Waals surface area contributed by atoms with Crippen LogP contribution in [0, 0.1) is 5.92 Å². The van der Waals surface area contributed by atoms with Gasteiger partial charge in [0.05, 0.1) is 11.1 Å². The molecule has 1 N–H and O–H groups in total. The van der Waals surface area contributed by atoms with Crippen molar-refractivity contribution in [3.8, 4) is 0 Å². The molecule has 1 aromatic carbocycles. The average molecular weight is 410 g/mol. The van der Waals surface area contributed by atoms with E-state index in [2.05, 4.69) is 5.32 Å². The van der Waals surface area contributed by atoms with Gasteiger partial charge < -0.3 is 10.2 Å². The van der Waals surface area contributed by atoms with Crippen LogP contribution in [0.5, 0.6) is 0 Å². The van der Waals surface area contributed by atoms with E-state index < -0.39 is 52.8 Å². The number of benzene rings is 1. The van der Waals surface area contributed by atoms with E-state index in [0.29, 0.717) is 25.2 Å². The molecule has 0 bridgehead atoms. The van der Waals surface area contributed by atoms with Crippen LogP contribution >= 0.6 is 0 Å². The van der Waals surface area contributed by atoms with Gasteiger partial charge in [-0.2, -0.15) is 26.3 Å². The van der Waals surface area contributed by atoms with Gasteiger partial charge in [-0.1, -0.05) is 13.8 Å². The van der Waals surface area contributed by atoms with Crippen LogP contribution in [0.2, 0.25) is 0 Å². The van der Waals surface area contributed by atoms with Crippen molar-refractivity contribution in [2.24, 2.45) is 5.92 Å². The summed E-state index contributed by atoms with van der Waals surface area (Å²) in [7, 11) is 0. The molecule has 0 spiro atoms. The summed E-state index contributed by atoms with van der Waals surface area (Å²) in [6, 6.07) is -0.397. The predicted molar refractivity (Wildman–Crippen MR) is 88.4 cm³/mol. The van der Waals surface area contributed by atoms with Gasteiger partial charge >= 0.3 is 12.4 Å². The lowest BCUT2D eigenvalue weighted by atomic mass is 10.0. The molecule has 1 heterocycles. The number of halogens is 6. The van der Waals surface area contributed by atoms with Crippen molar-refractivity contribution >= 4 is 11.8 Å². The fourth-order valence-electron chi connectivity index (χ4n) is 2.96. The molecule has 0 unspecified atom stereocenters. The zero-order valence-electron chi connectivity index (χ0n) is 15.2. The number of amides is 2. The summed E-state index contributed by atoms with van der Waals surface area (Å²) in [5.41, 5.74) is -3.97. The number of nitrogens with one attached hydrogen (secondary N) is 1. The second kappa shape index (κ2) is 8.00. The molecule has 2 rings (SSSR count). The Bertz CT molecular complexity index is 704. The normalized spacial score (nSPS) is 16.4. The van der Waals surface area contributed by atoms with Gasteiger partial charge in [0.15, 0.2) is 0 Å². The summed E-state index contributed by atoms with van der Waals surface area (Å²) in [4.78, 5) is 26.5. The zero-order chi connectivity index (χ0) is 21.3. The maximum Gasteiger partial charge on any atom is 0.416 e. The van der Waals surface area contributed by atoms with E-state index in [0.717, 1.165) is 12.8 Å². The Morgan fingerprint density at radius 2 is 1.39 bits per heavy atom. The number of carbonyl (C=O) groups excluding carboxylic acids is 2. The van der Waals surface area contributed by atoms with E-state index in [9.17, 15) is 35.9 Å². The smallest absolute Gasteiger partial charge is 0.341 e. The van der Waals surface area contributed by atoms with Crippen molar-refractivity contribution in [1.29, 1.82) is 0 Å². The van der Waals surface area contributed by atoms with Gasteiger partial charge in [-0.3, -0.25) is 9.59 Å². The van der Waals surface area contributed by atoms with Gasteiger partial charge in [-0.15, -0.1) is 0 Å². The summed E-state index contributed by atoms with van der Waals surface area (Å²) >= 11 is 0. The number of hydrogen-bond acceptors (Lipinski definition) is 2. The summed E-state index contributed by atoms with van der Waals surface area (Å²) in [6.07, 6.45) is -8.52. The van der Waals surface area contributed by atoms with Crippen LogP contribution in [0.25, 0.3) is 0 Å². The van der Waals surface area contributed by atoms with Gasteiger partial charge in [-0.05, 0) is 37.0 Å². The highest BCUT2D eigenvalue weighted by Crippen LogP contribution is 2.36. The SMILES string of the molecule is CC(C)[C@H](NC(=O)c1cc(C(F)(F)F)cc(C(F)(F)F)c1)C(=O)N1CCCC1. The highest BCUT2D eigenvalue weighted by Gasteiger charge is 2.38. The van der Waals surface area contributed by atoms with Crippen molar-refractivity contribution < 1.29 is 35.9 Å². The minimum Gasteiger partial charge on any atom is -0.341 e. The highest BCUT2D eigenvalue weighted by atomic mass is 19.4. The predicted octanol–water partition coefficient (Wildman–Crippen LogP) is 4.10. The molecule has 0 radical (unpaired) electrons. The summed E-state index contributed by atoms with van der Waals surface area (Å²) < 4.78 is 77.8. The van der Waals surface area contributed by atoms with Crippen LogP contribution in [0.15, 0.2) is 18.2 Å². The van der Waals surface area contributed by atoms with E-state index in [1.165, 1.54) is 4.90 Å². The number of hydrogen-bond donors (Lipinski definition) is 1. The lowest BCUT2D eigenvalue weighted by Gasteiger charge is -2.27. The zero-order valence-corrected chi connectivity index (χ0v) is 15.2. The molecule has 156 valence electrons. The first kappa shape index (κ1) is 22.0. The van der Waals surface area contributed by atoms with Crippen molar-refractivity contribution in [2.45, 2.75) is 45.1 Å². The van der Waals surface area contributed by atoms with Crippen molar-refractivity contribution in [1.82, 2.24) is 10.2 Å². The van der Waals surface area contributed by atoms with Gasteiger partial charge in [0.2, 0.25) is 5.91 Å². The maximum atomic E-state index is 13.0. The molecule has 0 aromatic heterocycles. The van der Waals surface area contributed by atoms with Crippen LogP contribution < -0.4 is 5.32 Å². The molecule has 2 amide bonds. The molecule has 1 aliphatic rings. The topological polar surface area (TPSA) is 49.4 Å². The molecule has 0 aliphatic carbocycles. The van der Waals surface area contributed by atoms with Crippen LogP contribution in [0.4, 0.5) is 26.3 Å². The summed E-state index contributed by atoms with van der Waals surface area (Å²) in [5.74, 6) is -1.96. The lowest BCUT2D eigenvalue weighted by molar-refractivity contribution is -0.143. The molecule has 10 heteroatoms. The quantitative estimate of drug-likeness (QED) is 0.760. The molecule has 1 fully saturated rings. The van der Waals surface area contributed by atoms with Crippen LogP contribution in [0.1, 0.15) is 48.2 Å². The van der Waals surface area contributed by atoms with Crippen LogP contribution in [-0.4, -0.2) is 35.8 Å². The first-order valence-electron chi connectivity index (χ1n) is 8.70. The molecule has 1 atom stereocenters. The molecule has 1 aliphatic heterocycles. The van der Waals surface area contributed by atoms with Gasteiger partial charge in [0.1, 0.15) is 6.04 Å². The lowest BCUT2D eigenvalue weighted by Crippen LogP contribution is -2.50. The van der Waals surface area contributed by atoms with E-state index in [1.807, 2.05) is 0 Å². The van der Waals surface area contributed by atoms with E-state index in [1.54, 1.807) is 13.8 Å². The molecular formula is C18H20F6N2O2. The number of carbonyl (C=O) groups is 2. The Morgan fingerprint density at radius 1 is 0.929 bits per heavy atom. The molecule has 1 aromatic rings. The number of likely N-dealkylation sites (tertiary alicyclic amines) is 1. The molecule has 28 heavy (non-hydrogen) atoms. The Hall–Kier alpha value is -2.26. The fourth-order valence-corrected chi connectivity index (χ4v) is 2.96. The Morgan fingerprint density at radius 3 is 1.79 bits per heavy atom. The van der Waals surface area contributed by atoms with Crippen molar-refractivity contribution in [3.63, 3.8) is 0 Å². The maximum absolute atomic E-state index is 13.0. The second-order valence-corrected chi connectivity index (χ2v) is 7.02. The third kappa shape index (κ3) is 5.17. The van der Waals surface area contributed by atoms with Crippen LogP contribution in [-0.2, 0) is 17.1 Å². The molecule has 0 saturated carbocycles. The average Bonchev–Trinajstić information content (AvgIpc) is 3.11. The number of rotatable bonds is 4. The number of alkyl halides is 6. The van der Waals surface area contributed by atoms with Crippen molar-refractivity contribution in [2.75, 3.05) is 13.1 Å². The number of nitrogens with zero attached hydrogens (tertiary/aromatic N) is 1. The monoisotopic (exact) mass is 410 g/mol. The first-order valence-corrected chi connectivity index (χ1v) is 8.70. The van der Waals surface area contributed by atoms with E-state index in [-0.39, 0.29) is 6.07 Å². The first-order chi connectivity index (χ1) is 12.8. The minimum atomic E-state index is -5.06. The van der Waals surface area contributed by atoms with E-state index in [4.69, 9.17) is 0 Å². The standard InChI is InChI=1S/C18H20F6N2O2/c1-10(2)14(16(28)26-5-3-4-6-26)25-15(27)11-7-12(17(19,20)21)9-13(8-11)18(22,23)24/h7-10,14H,3-6H2,1-2H3,(H,25,27)/t14-/m0/s1.